The molecule has 8 nitrogen and oxygen atoms in total. The van der Waals surface area contributed by atoms with Crippen LogP contribution in [0.1, 0.15) is 20.8 Å². The van der Waals surface area contributed by atoms with E-state index in [9.17, 15) is 9.59 Å². The maximum atomic E-state index is 12.1. The Balaban J connectivity index is 2.97. The summed E-state index contributed by atoms with van der Waals surface area (Å²) in [6.45, 7) is 5.48. The van der Waals surface area contributed by atoms with E-state index in [2.05, 4.69) is 5.32 Å². The van der Waals surface area contributed by atoms with Gasteiger partial charge in [-0.3, -0.25) is 4.90 Å². The summed E-state index contributed by atoms with van der Waals surface area (Å²) in [6.07, 6.45) is -0.766. The largest absolute Gasteiger partial charge is 0.371 e. The molecule has 3 N–H and O–H groups in total. The summed E-state index contributed by atoms with van der Waals surface area (Å²) in [4.78, 5) is 25.4. The average Bonchev–Trinajstić information content (AvgIpc) is 2.39. The minimum atomic E-state index is -0.766. The van der Waals surface area contributed by atoms with E-state index in [-0.39, 0.29) is 0 Å². The van der Waals surface area contributed by atoms with Crippen molar-refractivity contribution in [2.24, 2.45) is 5.84 Å². The number of hydrogen-bond donors (Lipinski definition) is 2. The predicted octanol–water partition coefficient (Wildman–Crippen LogP) is 0.322. The van der Waals surface area contributed by atoms with Gasteiger partial charge in [0.15, 0.2) is 0 Å². The van der Waals surface area contributed by atoms with Gasteiger partial charge in [-0.25, -0.2) is 20.4 Å². The molecular weight excluding hydrogens is 260 g/mol. The van der Waals surface area contributed by atoms with E-state index in [4.69, 9.17) is 17.6 Å². The summed E-state index contributed by atoms with van der Waals surface area (Å²) in [5.41, 5.74) is -0.448. The molecule has 4 amide bonds. The van der Waals surface area contributed by atoms with Crippen molar-refractivity contribution in [3.8, 4) is 0 Å². The monoisotopic (exact) mass is 278 g/mol. The Morgan fingerprint density at radius 3 is 2.33 bits per heavy atom. The lowest BCUT2D eigenvalue weighted by Crippen LogP contribution is -2.58. The molecule has 0 bridgehead atoms. The van der Waals surface area contributed by atoms with Gasteiger partial charge in [0.1, 0.15) is 0 Å². The van der Waals surface area contributed by atoms with Crippen molar-refractivity contribution in [1.29, 1.82) is 0 Å². The predicted molar refractivity (Wildman–Crippen MR) is 66.7 cm³/mol. The number of carbonyl (C=O) groups is 2. The van der Waals surface area contributed by atoms with Crippen molar-refractivity contribution in [3.63, 3.8) is 0 Å². The third-order valence-corrected chi connectivity index (χ3v) is 2.49. The molecule has 1 aliphatic heterocycles. The number of nitrogens with one attached hydrogen (secondary N) is 1. The Hall–Kier alpha value is -1.25. The summed E-state index contributed by atoms with van der Waals surface area (Å²) in [7, 11) is 3.37. The van der Waals surface area contributed by atoms with Gasteiger partial charge in [0.25, 0.3) is 0 Å². The first kappa shape index (κ1) is 14.8. The fraction of sp³-hybridized carbons (Fsp3) is 0.778. The molecule has 104 valence electrons. The van der Waals surface area contributed by atoms with Gasteiger partial charge in [-0.05, 0) is 34.9 Å². The number of halogens is 1. The minimum Gasteiger partial charge on any atom is -0.332 e. The molecule has 1 atom stereocenters. The number of carbonyl (C=O) groups excluding carboxylic acids is 2. The fourth-order valence-electron chi connectivity index (χ4n) is 1.52. The summed E-state index contributed by atoms with van der Waals surface area (Å²) in [6, 6.07) is -1.17. The van der Waals surface area contributed by atoms with Gasteiger partial charge in [0, 0.05) is 17.3 Å². The van der Waals surface area contributed by atoms with Crippen LogP contribution < -0.4 is 11.2 Å². The Morgan fingerprint density at radius 2 is 1.94 bits per heavy atom. The topological polar surface area (TPSA) is 85.2 Å². The van der Waals surface area contributed by atoms with Gasteiger partial charge < -0.3 is 5.32 Å². The lowest BCUT2D eigenvalue weighted by molar-refractivity contribution is 0.00517. The first-order chi connectivity index (χ1) is 8.06. The van der Waals surface area contributed by atoms with Crippen molar-refractivity contribution < 1.29 is 9.59 Å². The van der Waals surface area contributed by atoms with E-state index in [0.29, 0.717) is 4.53 Å². The van der Waals surface area contributed by atoms with E-state index in [1.807, 2.05) is 20.8 Å². The lowest BCUT2D eigenvalue weighted by atomic mass is 10.1. The van der Waals surface area contributed by atoms with Crippen LogP contribution in [0.4, 0.5) is 9.59 Å². The van der Waals surface area contributed by atoms with Gasteiger partial charge in [-0.2, -0.15) is 5.01 Å². The molecular formula is C9H19ClN6O2. The van der Waals surface area contributed by atoms with Crippen LogP contribution in [0, 0.1) is 0 Å². The normalized spacial score (nSPS) is 21.0. The number of urea groups is 2. The number of amides is 4. The van der Waals surface area contributed by atoms with Crippen LogP contribution in [0.15, 0.2) is 0 Å². The van der Waals surface area contributed by atoms with Crippen LogP contribution in [-0.4, -0.2) is 57.4 Å². The van der Waals surface area contributed by atoms with E-state index in [1.54, 1.807) is 19.0 Å². The molecule has 0 aromatic carbocycles. The van der Waals surface area contributed by atoms with E-state index in [1.165, 1.54) is 0 Å². The smallest absolute Gasteiger partial charge is 0.332 e. The van der Waals surface area contributed by atoms with Gasteiger partial charge in [0.05, 0.1) is 0 Å². The third-order valence-electron chi connectivity index (χ3n) is 2.19. The molecule has 1 unspecified atom stereocenters. The molecule has 1 saturated heterocycles. The maximum absolute atomic E-state index is 12.1. The fourth-order valence-corrected chi connectivity index (χ4v) is 1.76. The molecule has 0 radical (unpaired) electrons. The quantitative estimate of drug-likeness (QED) is 0.411. The second-order valence-corrected chi connectivity index (χ2v) is 5.60. The first-order valence-electron chi connectivity index (χ1n) is 5.38. The Bertz CT molecular complexity index is 355. The molecule has 0 spiro atoms. The first-order valence-corrected chi connectivity index (χ1v) is 5.71. The molecule has 0 saturated carbocycles. The van der Waals surface area contributed by atoms with E-state index in [0.717, 1.165) is 10.0 Å². The SMILES string of the molecule is CN(C)C1N(N)C(=O)N(Cl)N1C(=O)NC(C)(C)C. The standard InChI is InChI=1S/C9H19ClN6O2/c1-9(2,3)12-6(17)15-7(13(4)5)14(11)8(18)16(15)10/h7H,11H2,1-5H3,(H,12,17). The van der Waals surface area contributed by atoms with Crippen molar-refractivity contribution in [1.82, 2.24) is 24.8 Å². The number of nitrogens with two attached hydrogens (primary N) is 1. The Labute approximate surface area is 111 Å². The number of rotatable bonds is 1. The lowest BCUT2D eigenvalue weighted by Gasteiger charge is -2.33. The van der Waals surface area contributed by atoms with Gasteiger partial charge in [-0.1, -0.05) is 0 Å². The number of hydrogen-bond acceptors (Lipinski definition) is 4. The molecule has 0 aromatic heterocycles. The highest BCUT2D eigenvalue weighted by molar-refractivity contribution is 6.21. The molecule has 9 heteroatoms. The Morgan fingerprint density at radius 1 is 1.44 bits per heavy atom. The summed E-state index contributed by atoms with van der Waals surface area (Å²) in [5, 5.41) is 4.65. The molecule has 0 aromatic rings. The summed E-state index contributed by atoms with van der Waals surface area (Å²) >= 11 is 5.79. The summed E-state index contributed by atoms with van der Waals surface area (Å²) < 4.78 is 0.672. The van der Waals surface area contributed by atoms with E-state index >= 15 is 0 Å². The van der Waals surface area contributed by atoms with Crippen LogP contribution in [-0.2, 0) is 0 Å². The molecule has 1 heterocycles. The van der Waals surface area contributed by atoms with Crippen LogP contribution in [0.5, 0.6) is 0 Å². The van der Waals surface area contributed by atoms with Gasteiger partial charge in [-0.15, -0.1) is 4.53 Å². The van der Waals surface area contributed by atoms with Crippen molar-refractivity contribution in [3.05, 3.63) is 0 Å². The maximum Gasteiger partial charge on any atom is 0.371 e. The van der Waals surface area contributed by atoms with Crippen LogP contribution in [0.25, 0.3) is 0 Å². The second-order valence-electron chi connectivity index (χ2n) is 5.28. The number of nitrogens with zero attached hydrogens (tertiary/aromatic N) is 4. The molecule has 18 heavy (non-hydrogen) atoms. The van der Waals surface area contributed by atoms with Crippen LogP contribution in [0.3, 0.4) is 0 Å². The Kier molecular flexibility index (Phi) is 3.94. The van der Waals surface area contributed by atoms with Gasteiger partial charge in [0.2, 0.25) is 6.29 Å². The minimum absolute atomic E-state index is 0.448. The highest BCUT2D eigenvalue weighted by Crippen LogP contribution is 2.22. The van der Waals surface area contributed by atoms with E-state index < -0.39 is 23.9 Å². The van der Waals surface area contributed by atoms with Crippen molar-refractivity contribution in [2.45, 2.75) is 32.6 Å². The zero-order valence-corrected chi connectivity index (χ0v) is 11.9. The highest BCUT2D eigenvalue weighted by Gasteiger charge is 2.47. The highest BCUT2D eigenvalue weighted by atomic mass is 35.5. The molecule has 1 aliphatic rings. The second kappa shape index (κ2) is 4.79. The third kappa shape index (κ3) is 2.77. The number of hydrazine groups is 2. The van der Waals surface area contributed by atoms with Crippen molar-refractivity contribution >= 4 is 23.8 Å². The zero-order chi connectivity index (χ0) is 14.2. The van der Waals surface area contributed by atoms with Crippen LogP contribution >= 0.6 is 11.8 Å². The molecule has 0 aliphatic carbocycles. The zero-order valence-electron chi connectivity index (χ0n) is 11.1. The molecule has 1 fully saturated rings. The van der Waals surface area contributed by atoms with Gasteiger partial charge >= 0.3 is 12.1 Å². The average molecular weight is 279 g/mol. The molecule has 1 rings (SSSR count). The summed E-state index contributed by atoms with van der Waals surface area (Å²) in [5.74, 6) is 5.60. The van der Waals surface area contributed by atoms with Crippen LogP contribution in [0.2, 0.25) is 0 Å². The van der Waals surface area contributed by atoms with Crippen molar-refractivity contribution in [2.75, 3.05) is 14.1 Å².